The number of hydrogen-bond acceptors (Lipinski definition) is 4. The monoisotopic (exact) mass is 312 g/mol. The summed E-state index contributed by atoms with van der Waals surface area (Å²) in [5.74, 6) is 1.36. The Kier molecular flexibility index (Phi) is 5.01. The van der Waals surface area contributed by atoms with Gasteiger partial charge in [-0.1, -0.05) is 26.2 Å². The van der Waals surface area contributed by atoms with Gasteiger partial charge in [0.25, 0.3) is 0 Å². The Morgan fingerprint density at radius 1 is 1.14 bits per heavy atom. The van der Waals surface area contributed by atoms with E-state index in [4.69, 9.17) is 4.42 Å². The van der Waals surface area contributed by atoms with Crippen LogP contribution in [0.3, 0.4) is 0 Å². The normalized spacial score (nSPS) is 11.0. The van der Waals surface area contributed by atoms with Crippen molar-refractivity contribution in [3.8, 4) is 22.2 Å². The zero-order valence-electron chi connectivity index (χ0n) is 12.8. The van der Waals surface area contributed by atoms with E-state index in [0.29, 0.717) is 11.6 Å². The number of aromatic nitrogens is 2. The van der Waals surface area contributed by atoms with E-state index in [1.165, 1.54) is 36.1 Å². The van der Waals surface area contributed by atoms with Crippen LogP contribution in [0.1, 0.15) is 38.2 Å². The van der Waals surface area contributed by atoms with Gasteiger partial charge in [-0.25, -0.2) is 9.97 Å². The van der Waals surface area contributed by atoms with E-state index in [9.17, 15) is 0 Å². The van der Waals surface area contributed by atoms with E-state index in [-0.39, 0.29) is 0 Å². The van der Waals surface area contributed by atoms with Crippen molar-refractivity contribution < 1.29 is 4.42 Å². The van der Waals surface area contributed by atoms with Gasteiger partial charge in [-0.3, -0.25) is 0 Å². The van der Waals surface area contributed by atoms with Crippen LogP contribution >= 0.6 is 11.3 Å². The molecule has 0 aliphatic rings. The molecule has 0 unspecified atom stereocenters. The van der Waals surface area contributed by atoms with Crippen molar-refractivity contribution >= 4 is 11.3 Å². The molecular formula is C18H20N2OS. The highest BCUT2D eigenvalue weighted by Crippen LogP contribution is 2.30. The number of aryl methyl sites for hydroxylation is 1. The molecule has 0 atom stereocenters. The molecule has 0 bridgehead atoms. The number of hydrogen-bond donors (Lipinski definition) is 0. The molecule has 3 nitrogen and oxygen atoms in total. The first-order chi connectivity index (χ1) is 10.9. The largest absolute Gasteiger partial charge is 0.461 e. The maximum absolute atomic E-state index is 5.39. The van der Waals surface area contributed by atoms with E-state index >= 15 is 0 Å². The minimum absolute atomic E-state index is 0.646. The fourth-order valence-electron chi connectivity index (χ4n) is 2.51. The average molecular weight is 312 g/mol. The molecule has 114 valence electrons. The van der Waals surface area contributed by atoms with E-state index in [2.05, 4.69) is 28.3 Å². The van der Waals surface area contributed by atoms with Gasteiger partial charge in [-0.05, 0) is 48.1 Å². The summed E-state index contributed by atoms with van der Waals surface area (Å²) in [4.78, 5) is 10.2. The number of thiophene rings is 1. The Morgan fingerprint density at radius 2 is 2.09 bits per heavy atom. The van der Waals surface area contributed by atoms with Crippen LogP contribution in [-0.2, 0) is 6.42 Å². The Balaban J connectivity index is 1.80. The first kappa shape index (κ1) is 15.0. The molecule has 0 radical (unpaired) electrons. The Morgan fingerprint density at radius 3 is 2.91 bits per heavy atom. The van der Waals surface area contributed by atoms with Crippen LogP contribution in [0.25, 0.3) is 22.2 Å². The predicted molar refractivity (Wildman–Crippen MR) is 90.9 cm³/mol. The molecule has 22 heavy (non-hydrogen) atoms. The van der Waals surface area contributed by atoms with Crippen LogP contribution in [0, 0.1) is 0 Å². The second kappa shape index (κ2) is 7.36. The second-order valence-electron chi connectivity index (χ2n) is 5.33. The molecule has 3 heterocycles. The van der Waals surface area contributed by atoms with E-state index in [0.717, 1.165) is 12.1 Å². The zero-order chi connectivity index (χ0) is 15.2. The Hall–Kier alpha value is -1.94. The fraction of sp³-hybridized carbons (Fsp3) is 0.333. The molecule has 0 saturated carbocycles. The molecule has 3 aromatic heterocycles. The third-order valence-electron chi connectivity index (χ3n) is 3.68. The minimum atomic E-state index is 0.646. The fourth-order valence-corrected chi connectivity index (χ4v) is 3.43. The van der Waals surface area contributed by atoms with Crippen molar-refractivity contribution in [1.29, 1.82) is 0 Å². The maximum atomic E-state index is 5.39. The van der Waals surface area contributed by atoms with Crippen LogP contribution in [-0.4, -0.2) is 9.97 Å². The highest BCUT2D eigenvalue weighted by Gasteiger charge is 2.11. The number of unbranched alkanes of at least 4 members (excludes halogenated alkanes) is 3. The van der Waals surface area contributed by atoms with E-state index in [1.807, 2.05) is 18.2 Å². The van der Waals surface area contributed by atoms with Gasteiger partial charge < -0.3 is 4.42 Å². The van der Waals surface area contributed by atoms with Crippen molar-refractivity contribution in [3.05, 3.63) is 47.7 Å². The summed E-state index contributed by atoms with van der Waals surface area (Å²) in [5, 5.41) is 2.15. The van der Waals surface area contributed by atoms with Gasteiger partial charge in [0, 0.05) is 6.20 Å². The smallest absolute Gasteiger partial charge is 0.196 e. The lowest BCUT2D eigenvalue weighted by Gasteiger charge is -2.04. The Labute approximate surface area is 135 Å². The summed E-state index contributed by atoms with van der Waals surface area (Å²) in [6.07, 6.45) is 9.71. The lowest BCUT2D eigenvalue weighted by atomic mass is 10.1. The maximum Gasteiger partial charge on any atom is 0.196 e. The predicted octanol–water partition coefficient (Wildman–Crippen LogP) is 5.59. The van der Waals surface area contributed by atoms with Gasteiger partial charge in [-0.15, -0.1) is 11.3 Å². The highest BCUT2D eigenvalue weighted by molar-refractivity contribution is 7.13. The lowest BCUT2D eigenvalue weighted by Crippen LogP contribution is -1.92. The summed E-state index contributed by atoms with van der Waals surface area (Å²) < 4.78 is 5.39. The molecule has 4 heteroatoms. The summed E-state index contributed by atoms with van der Waals surface area (Å²) in [6, 6.07) is 7.95. The molecule has 0 aliphatic carbocycles. The van der Waals surface area contributed by atoms with Crippen molar-refractivity contribution in [2.45, 2.75) is 39.0 Å². The van der Waals surface area contributed by atoms with Gasteiger partial charge in [0.1, 0.15) is 0 Å². The SMILES string of the molecule is CCCCCCc1ccsc1-c1ccnc(-c2ccco2)n1. The number of nitrogens with zero attached hydrogens (tertiary/aromatic N) is 2. The van der Waals surface area contributed by atoms with Gasteiger partial charge in [-0.2, -0.15) is 0 Å². The average Bonchev–Trinajstić information content (AvgIpc) is 3.23. The number of furan rings is 1. The number of rotatable bonds is 7. The minimum Gasteiger partial charge on any atom is -0.461 e. The Bertz CT molecular complexity index is 703. The molecule has 0 amide bonds. The van der Waals surface area contributed by atoms with Crippen molar-refractivity contribution in [2.24, 2.45) is 0 Å². The van der Waals surface area contributed by atoms with Crippen LogP contribution in [0.5, 0.6) is 0 Å². The zero-order valence-corrected chi connectivity index (χ0v) is 13.6. The molecule has 3 rings (SSSR count). The summed E-state index contributed by atoms with van der Waals surface area (Å²) in [5.41, 5.74) is 2.38. The molecule has 0 spiro atoms. The molecule has 0 N–H and O–H groups in total. The van der Waals surface area contributed by atoms with Crippen LogP contribution in [0.15, 0.2) is 46.5 Å². The molecule has 0 fully saturated rings. The first-order valence-corrected chi connectivity index (χ1v) is 8.70. The van der Waals surface area contributed by atoms with Crippen molar-refractivity contribution in [2.75, 3.05) is 0 Å². The van der Waals surface area contributed by atoms with Gasteiger partial charge in [0.2, 0.25) is 0 Å². The highest BCUT2D eigenvalue weighted by atomic mass is 32.1. The molecule has 0 saturated heterocycles. The molecule has 0 aromatic carbocycles. The lowest BCUT2D eigenvalue weighted by molar-refractivity contribution is 0.577. The summed E-state index contributed by atoms with van der Waals surface area (Å²) in [7, 11) is 0. The van der Waals surface area contributed by atoms with E-state index < -0.39 is 0 Å². The topological polar surface area (TPSA) is 38.9 Å². The third kappa shape index (κ3) is 3.45. The van der Waals surface area contributed by atoms with Crippen molar-refractivity contribution in [1.82, 2.24) is 9.97 Å². The third-order valence-corrected chi connectivity index (χ3v) is 4.66. The molecule has 3 aromatic rings. The van der Waals surface area contributed by atoms with Gasteiger partial charge >= 0.3 is 0 Å². The van der Waals surface area contributed by atoms with Gasteiger partial charge in [0.05, 0.1) is 16.8 Å². The first-order valence-electron chi connectivity index (χ1n) is 7.82. The van der Waals surface area contributed by atoms with Gasteiger partial charge in [0.15, 0.2) is 11.6 Å². The molecule has 0 aliphatic heterocycles. The second-order valence-corrected chi connectivity index (χ2v) is 6.24. The van der Waals surface area contributed by atoms with Crippen LogP contribution in [0.2, 0.25) is 0 Å². The molecular weight excluding hydrogens is 292 g/mol. The van der Waals surface area contributed by atoms with Crippen molar-refractivity contribution in [3.63, 3.8) is 0 Å². The summed E-state index contributed by atoms with van der Waals surface area (Å²) in [6.45, 7) is 2.24. The standard InChI is InChI=1S/C18H20N2OS/c1-2-3-4-5-7-14-10-13-22-17(14)15-9-11-19-18(20-15)16-8-6-12-21-16/h6,8-13H,2-5,7H2,1H3. The van der Waals surface area contributed by atoms with Crippen LogP contribution < -0.4 is 0 Å². The van der Waals surface area contributed by atoms with E-state index in [1.54, 1.807) is 23.8 Å². The quantitative estimate of drug-likeness (QED) is 0.534. The van der Waals surface area contributed by atoms with Crippen LogP contribution in [0.4, 0.5) is 0 Å². The summed E-state index contributed by atoms with van der Waals surface area (Å²) >= 11 is 1.75.